The zero-order chi connectivity index (χ0) is 26.4. The molecule has 0 bridgehead atoms. The number of halogens is 5. The van der Waals surface area contributed by atoms with Crippen LogP contribution in [0.15, 0.2) is 35.3 Å². The van der Waals surface area contributed by atoms with Crippen molar-refractivity contribution >= 4 is 11.6 Å². The first-order valence-electron chi connectivity index (χ1n) is 12.4. The standard InChI is InChI=1S/C26H27F5N4O2/c1-12(13-4-3-5-14(20(13)27)22(28)29)32-23(37)17-11-35(24-25(6-7-25)26(24,30)31)19(36)8-18(17)33-21-15-9-34(2)10-16(15)21/h3-5,8,11-12,15-16,21-22,24,33H,6-7,9-10H2,1-2H3,(H,32,37)/t12-,15-,16+,21?,24?/m1/s1. The lowest BCUT2D eigenvalue weighted by molar-refractivity contribution is 0.0803. The molecule has 2 N–H and O–H groups in total. The lowest BCUT2D eigenvalue weighted by Crippen LogP contribution is -2.32. The van der Waals surface area contributed by atoms with Gasteiger partial charge in [-0.3, -0.25) is 9.59 Å². The minimum atomic E-state index is -3.02. The van der Waals surface area contributed by atoms with E-state index in [4.69, 9.17) is 0 Å². The van der Waals surface area contributed by atoms with Crippen molar-refractivity contribution in [3.05, 3.63) is 63.3 Å². The number of fused-ring (bicyclic) bond motifs is 1. The van der Waals surface area contributed by atoms with Gasteiger partial charge in [0.25, 0.3) is 23.8 Å². The van der Waals surface area contributed by atoms with Crippen molar-refractivity contribution in [2.75, 3.05) is 25.5 Å². The van der Waals surface area contributed by atoms with Gasteiger partial charge in [-0.05, 0) is 38.6 Å². The van der Waals surface area contributed by atoms with Crippen molar-refractivity contribution in [1.29, 1.82) is 0 Å². The average Bonchev–Trinajstić information content (AvgIpc) is 3.75. The first kappa shape index (κ1) is 24.4. The average molecular weight is 523 g/mol. The molecule has 3 aliphatic carbocycles. The molecule has 198 valence electrons. The molecule has 37 heavy (non-hydrogen) atoms. The number of carbonyl (C=O) groups excluding carboxylic acids is 1. The molecule has 4 aliphatic rings. The van der Waals surface area contributed by atoms with Gasteiger partial charge in [-0.1, -0.05) is 18.2 Å². The number of benzene rings is 1. The zero-order valence-corrected chi connectivity index (χ0v) is 20.3. The van der Waals surface area contributed by atoms with E-state index in [0.29, 0.717) is 24.7 Å². The Morgan fingerprint density at radius 1 is 1.14 bits per heavy atom. The van der Waals surface area contributed by atoms with Crippen LogP contribution >= 0.6 is 0 Å². The fraction of sp³-hybridized carbons (Fsp3) is 0.538. The number of hydrogen-bond donors (Lipinski definition) is 2. The van der Waals surface area contributed by atoms with Crippen molar-refractivity contribution < 1.29 is 26.7 Å². The molecular weight excluding hydrogens is 495 g/mol. The fourth-order valence-electron chi connectivity index (χ4n) is 6.28. The summed E-state index contributed by atoms with van der Waals surface area (Å²) in [6.07, 6.45) is -1.23. The maximum absolute atomic E-state index is 14.7. The number of carbonyl (C=O) groups is 1. The molecule has 6 nitrogen and oxygen atoms in total. The van der Waals surface area contributed by atoms with E-state index < -0.39 is 52.7 Å². The summed E-state index contributed by atoms with van der Waals surface area (Å²) >= 11 is 0. The van der Waals surface area contributed by atoms with E-state index in [1.807, 2.05) is 7.05 Å². The first-order valence-corrected chi connectivity index (χ1v) is 12.4. The third-order valence-electron chi connectivity index (χ3n) is 8.65. The van der Waals surface area contributed by atoms with Gasteiger partial charge in [0.05, 0.1) is 28.3 Å². The molecule has 1 aromatic heterocycles. The van der Waals surface area contributed by atoms with Crippen LogP contribution in [0.1, 0.15) is 59.8 Å². The fourth-order valence-corrected chi connectivity index (χ4v) is 6.28. The topological polar surface area (TPSA) is 66.4 Å². The van der Waals surface area contributed by atoms with Gasteiger partial charge in [0.1, 0.15) is 11.9 Å². The lowest BCUT2D eigenvalue weighted by atomic mass is 10.0. The molecule has 1 spiro atoms. The highest BCUT2D eigenvalue weighted by molar-refractivity contribution is 5.99. The highest BCUT2D eigenvalue weighted by atomic mass is 19.3. The number of likely N-dealkylation sites (tertiary alicyclic amines) is 1. The van der Waals surface area contributed by atoms with E-state index in [1.165, 1.54) is 25.1 Å². The SMILES string of the molecule is C[C@@H](NC(=O)c1cn(C2C(F)(F)C23CC3)c(=O)cc1NC1[C@H]2CN(C)C[C@@H]12)c1cccc(C(F)F)c1F. The molecule has 3 saturated carbocycles. The number of nitrogens with zero attached hydrogens (tertiary/aromatic N) is 2. The minimum Gasteiger partial charge on any atom is -0.381 e. The maximum atomic E-state index is 14.7. The highest BCUT2D eigenvalue weighted by Gasteiger charge is 2.87. The largest absolute Gasteiger partial charge is 0.381 e. The van der Waals surface area contributed by atoms with E-state index >= 15 is 0 Å². The van der Waals surface area contributed by atoms with Crippen LogP contribution in [-0.4, -0.2) is 47.5 Å². The van der Waals surface area contributed by atoms with Crippen LogP contribution < -0.4 is 16.2 Å². The van der Waals surface area contributed by atoms with Crippen molar-refractivity contribution in [3.8, 4) is 0 Å². The second-order valence-corrected chi connectivity index (χ2v) is 11.0. The number of anilines is 1. The van der Waals surface area contributed by atoms with Crippen molar-refractivity contribution in [3.63, 3.8) is 0 Å². The third kappa shape index (κ3) is 3.68. The second kappa shape index (κ2) is 8.02. The predicted octanol–water partition coefficient (Wildman–Crippen LogP) is 4.36. The van der Waals surface area contributed by atoms with Gasteiger partial charge in [0, 0.05) is 37.0 Å². The van der Waals surface area contributed by atoms with E-state index in [0.717, 1.165) is 29.9 Å². The van der Waals surface area contributed by atoms with Gasteiger partial charge in [-0.2, -0.15) is 0 Å². The number of alkyl halides is 4. The van der Waals surface area contributed by atoms with Gasteiger partial charge < -0.3 is 20.1 Å². The predicted molar refractivity (Wildman–Crippen MR) is 125 cm³/mol. The molecule has 2 unspecified atom stereocenters. The van der Waals surface area contributed by atoms with E-state index in [-0.39, 0.29) is 22.9 Å². The van der Waals surface area contributed by atoms with E-state index in [9.17, 15) is 31.5 Å². The van der Waals surface area contributed by atoms with Gasteiger partial charge in [-0.25, -0.2) is 22.0 Å². The molecular formula is C26H27F5N4O2. The number of nitrogens with one attached hydrogen (secondary N) is 2. The summed E-state index contributed by atoms with van der Waals surface area (Å²) in [6.45, 7) is 3.19. The van der Waals surface area contributed by atoms with Gasteiger partial charge in [0.15, 0.2) is 0 Å². The summed E-state index contributed by atoms with van der Waals surface area (Å²) in [5, 5.41) is 5.86. The Labute approximate surface area is 209 Å². The van der Waals surface area contributed by atoms with Gasteiger partial charge in [0.2, 0.25) is 0 Å². The summed E-state index contributed by atoms with van der Waals surface area (Å²) in [4.78, 5) is 28.5. The molecule has 2 heterocycles. The lowest BCUT2D eigenvalue weighted by Gasteiger charge is -2.20. The molecule has 2 aromatic rings. The van der Waals surface area contributed by atoms with Crippen molar-refractivity contribution in [2.45, 2.75) is 50.2 Å². The monoisotopic (exact) mass is 522 g/mol. The van der Waals surface area contributed by atoms with Crippen molar-refractivity contribution in [2.24, 2.45) is 17.3 Å². The molecule has 1 aliphatic heterocycles. The summed E-state index contributed by atoms with van der Waals surface area (Å²) < 4.78 is 71.0. The van der Waals surface area contributed by atoms with Crippen LogP contribution in [0.5, 0.6) is 0 Å². The van der Waals surface area contributed by atoms with Crippen molar-refractivity contribution in [1.82, 2.24) is 14.8 Å². The Kier molecular flexibility index (Phi) is 5.29. The summed E-state index contributed by atoms with van der Waals surface area (Å²) in [7, 11) is 2.01. The second-order valence-electron chi connectivity index (χ2n) is 11.0. The molecule has 11 heteroatoms. The summed E-state index contributed by atoms with van der Waals surface area (Å²) in [5.41, 5.74) is -2.54. The number of hydrogen-bond acceptors (Lipinski definition) is 4. The molecule has 4 fully saturated rings. The quantitative estimate of drug-likeness (QED) is 0.531. The zero-order valence-electron chi connectivity index (χ0n) is 20.3. The molecule has 5 atom stereocenters. The Morgan fingerprint density at radius 2 is 1.78 bits per heavy atom. The number of rotatable bonds is 7. The highest BCUT2D eigenvalue weighted by Crippen LogP contribution is 2.81. The number of amides is 1. The van der Waals surface area contributed by atoms with Crippen LogP contribution in [-0.2, 0) is 0 Å². The van der Waals surface area contributed by atoms with Crippen LogP contribution in [0.25, 0.3) is 0 Å². The van der Waals surface area contributed by atoms with Crippen LogP contribution in [0.3, 0.4) is 0 Å². The molecule has 1 saturated heterocycles. The Balaban J connectivity index is 1.31. The molecule has 0 radical (unpaired) electrons. The number of piperidine rings is 1. The molecule has 6 rings (SSSR count). The third-order valence-corrected chi connectivity index (χ3v) is 8.65. The summed E-state index contributed by atoms with van der Waals surface area (Å²) in [5.74, 6) is -4.14. The van der Waals surface area contributed by atoms with Crippen LogP contribution in [0.4, 0.5) is 27.6 Å². The molecule has 1 amide bonds. The molecule has 1 aromatic carbocycles. The van der Waals surface area contributed by atoms with Gasteiger partial charge in [-0.15, -0.1) is 0 Å². The van der Waals surface area contributed by atoms with E-state index in [1.54, 1.807) is 0 Å². The normalized spacial score (nSPS) is 29.2. The first-order chi connectivity index (χ1) is 17.5. The van der Waals surface area contributed by atoms with Crippen LogP contribution in [0.2, 0.25) is 0 Å². The van der Waals surface area contributed by atoms with E-state index in [2.05, 4.69) is 15.5 Å². The maximum Gasteiger partial charge on any atom is 0.276 e. The summed E-state index contributed by atoms with van der Waals surface area (Å²) in [6, 6.07) is 2.49. The number of pyridine rings is 1. The smallest absolute Gasteiger partial charge is 0.276 e. The Hall–Kier alpha value is -2.95. The Morgan fingerprint density at radius 3 is 2.38 bits per heavy atom. The minimum absolute atomic E-state index is 0.0197. The van der Waals surface area contributed by atoms with Gasteiger partial charge >= 0.3 is 0 Å². The van der Waals surface area contributed by atoms with Crippen LogP contribution in [0, 0.1) is 23.1 Å². The number of aromatic nitrogens is 1. The Bertz CT molecular complexity index is 1320.